The van der Waals surface area contributed by atoms with Crippen LogP contribution in [-0.2, 0) is 22.3 Å². The van der Waals surface area contributed by atoms with Crippen LogP contribution in [0.25, 0.3) is 0 Å². The lowest BCUT2D eigenvalue weighted by molar-refractivity contribution is -0.137. The van der Waals surface area contributed by atoms with Crippen molar-refractivity contribution in [3.8, 4) is 0 Å². The van der Waals surface area contributed by atoms with E-state index < -0.39 is 17.7 Å². The SMILES string of the molecule is O=C(NC1CCCC1)[C@H]1CC(=O)N(Cc2cccc(C(F)(F)F)c2)C1. The van der Waals surface area contributed by atoms with Crippen molar-refractivity contribution in [2.24, 2.45) is 5.92 Å². The molecule has 0 bridgehead atoms. The Kier molecular flexibility index (Phi) is 5.01. The predicted octanol–water partition coefficient (Wildman–Crippen LogP) is 3.11. The molecule has 0 aromatic heterocycles. The summed E-state index contributed by atoms with van der Waals surface area (Å²) in [7, 11) is 0. The highest BCUT2D eigenvalue weighted by molar-refractivity contribution is 5.89. The fraction of sp³-hybridized carbons (Fsp3) is 0.556. The van der Waals surface area contributed by atoms with Crippen molar-refractivity contribution in [1.82, 2.24) is 10.2 Å². The third-order valence-corrected chi connectivity index (χ3v) is 4.91. The number of nitrogens with one attached hydrogen (secondary N) is 1. The summed E-state index contributed by atoms with van der Waals surface area (Å²) in [6, 6.07) is 5.16. The minimum Gasteiger partial charge on any atom is -0.353 e. The standard InChI is InChI=1S/C18H21F3N2O2/c19-18(20,21)14-5-3-4-12(8-14)10-23-11-13(9-16(23)24)17(25)22-15-6-1-2-7-15/h3-5,8,13,15H,1-2,6-7,9-11H2,(H,22,25)/t13-/m0/s1. The third-order valence-electron chi connectivity index (χ3n) is 4.91. The number of benzene rings is 1. The molecule has 7 heteroatoms. The fourth-order valence-electron chi connectivity index (χ4n) is 3.56. The summed E-state index contributed by atoms with van der Waals surface area (Å²) in [5, 5.41) is 2.99. The Morgan fingerprint density at radius 3 is 2.64 bits per heavy atom. The van der Waals surface area contributed by atoms with Gasteiger partial charge in [-0.05, 0) is 30.5 Å². The molecule has 2 amide bonds. The van der Waals surface area contributed by atoms with Crippen LogP contribution < -0.4 is 5.32 Å². The normalized spacial score (nSPS) is 21.8. The second-order valence-electron chi connectivity index (χ2n) is 6.86. The van der Waals surface area contributed by atoms with Crippen molar-refractivity contribution >= 4 is 11.8 Å². The van der Waals surface area contributed by atoms with Crippen LogP contribution in [0, 0.1) is 5.92 Å². The predicted molar refractivity (Wildman–Crippen MR) is 85.4 cm³/mol. The van der Waals surface area contributed by atoms with Crippen molar-refractivity contribution in [2.75, 3.05) is 6.54 Å². The topological polar surface area (TPSA) is 49.4 Å². The molecule has 0 radical (unpaired) electrons. The number of hydrogen-bond donors (Lipinski definition) is 1. The maximum absolute atomic E-state index is 12.8. The van der Waals surface area contributed by atoms with Gasteiger partial charge in [0.1, 0.15) is 0 Å². The van der Waals surface area contributed by atoms with E-state index in [2.05, 4.69) is 5.32 Å². The van der Waals surface area contributed by atoms with E-state index in [1.165, 1.54) is 11.0 Å². The molecule has 1 saturated carbocycles. The monoisotopic (exact) mass is 354 g/mol. The minimum atomic E-state index is -4.41. The Morgan fingerprint density at radius 2 is 1.96 bits per heavy atom. The van der Waals surface area contributed by atoms with Gasteiger partial charge >= 0.3 is 6.18 Å². The molecule has 1 atom stereocenters. The van der Waals surface area contributed by atoms with E-state index in [0.29, 0.717) is 5.56 Å². The smallest absolute Gasteiger partial charge is 0.353 e. The van der Waals surface area contributed by atoms with Gasteiger partial charge in [0, 0.05) is 25.6 Å². The summed E-state index contributed by atoms with van der Waals surface area (Å²) in [4.78, 5) is 25.9. The summed E-state index contributed by atoms with van der Waals surface area (Å²) in [6.07, 6.45) is -0.126. The molecule has 25 heavy (non-hydrogen) atoms. The van der Waals surface area contributed by atoms with Gasteiger partial charge in [0.15, 0.2) is 0 Å². The van der Waals surface area contributed by atoms with E-state index in [1.54, 1.807) is 6.07 Å². The maximum Gasteiger partial charge on any atom is 0.416 e. The fourth-order valence-corrected chi connectivity index (χ4v) is 3.56. The second kappa shape index (κ2) is 7.06. The molecule has 1 aromatic carbocycles. The van der Waals surface area contributed by atoms with Crippen LogP contribution in [0.5, 0.6) is 0 Å². The first-order valence-electron chi connectivity index (χ1n) is 8.57. The van der Waals surface area contributed by atoms with Gasteiger partial charge < -0.3 is 10.2 Å². The number of carbonyl (C=O) groups excluding carboxylic acids is 2. The lowest BCUT2D eigenvalue weighted by atomic mass is 10.1. The highest BCUT2D eigenvalue weighted by Crippen LogP contribution is 2.30. The van der Waals surface area contributed by atoms with Crippen molar-refractivity contribution in [3.05, 3.63) is 35.4 Å². The van der Waals surface area contributed by atoms with Gasteiger partial charge in [-0.15, -0.1) is 0 Å². The first-order valence-corrected chi connectivity index (χ1v) is 8.57. The molecule has 2 aliphatic rings. The molecular weight excluding hydrogens is 333 g/mol. The van der Waals surface area contributed by atoms with Gasteiger partial charge in [-0.1, -0.05) is 25.0 Å². The van der Waals surface area contributed by atoms with Gasteiger partial charge in [-0.2, -0.15) is 13.2 Å². The highest BCUT2D eigenvalue weighted by atomic mass is 19.4. The van der Waals surface area contributed by atoms with Crippen LogP contribution in [0.1, 0.15) is 43.2 Å². The highest BCUT2D eigenvalue weighted by Gasteiger charge is 2.36. The molecule has 0 spiro atoms. The van der Waals surface area contributed by atoms with Crippen LogP contribution in [0.4, 0.5) is 13.2 Å². The Bertz CT molecular complexity index is 654. The molecule has 2 fully saturated rings. The molecule has 3 rings (SSSR count). The van der Waals surface area contributed by atoms with E-state index >= 15 is 0 Å². The van der Waals surface area contributed by atoms with Gasteiger partial charge in [0.25, 0.3) is 0 Å². The summed E-state index contributed by atoms with van der Waals surface area (Å²) in [5.41, 5.74) is -0.313. The number of carbonyl (C=O) groups is 2. The van der Waals surface area contributed by atoms with Crippen LogP contribution in [0.2, 0.25) is 0 Å². The van der Waals surface area contributed by atoms with E-state index in [1.807, 2.05) is 0 Å². The average molecular weight is 354 g/mol. The third kappa shape index (κ3) is 4.32. The Labute approximate surface area is 144 Å². The molecular formula is C18H21F3N2O2. The van der Waals surface area contributed by atoms with Crippen molar-refractivity contribution in [1.29, 1.82) is 0 Å². The summed E-state index contributed by atoms with van der Waals surface area (Å²) in [5.74, 6) is -0.727. The van der Waals surface area contributed by atoms with Crippen molar-refractivity contribution < 1.29 is 22.8 Å². The Morgan fingerprint density at radius 1 is 1.24 bits per heavy atom. The molecule has 0 unspecified atom stereocenters. The summed E-state index contributed by atoms with van der Waals surface area (Å²) in [6.45, 7) is 0.351. The minimum absolute atomic E-state index is 0.0932. The van der Waals surface area contributed by atoms with Crippen LogP contribution in [0.15, 0.2) is 24.3 Å². The number of halogens is 3. The largest absolute Gasteiger partial charge is 0.416 e. The summed E-state index contributed by atoms with van der Waals surface area (Å²) >= 11 is 0. The molecule has 1 aromatic rings. The van der Waals surface area contributed by atoms with Crippen LogP contribution in [-0.4, -0.2) is 29.3 Å². The number of rotatable bonds is 4. The van der Waals surface area contributed by atoms with Crippen LogP contribution in [0.3, 0.4) is 0 Å². The number of hydrogen-bond acceptors (Lipinski definition) is 2. The Balaban J connectivity index is 1.60. The van der Waals surface area contributed by atoms with Gasteiger partial charge in [-0.3, -0.25) is 9.59 Å². The Hall–Kier alpha value is -2.05. The van der Waals surface area contributed by atoms with Crippen molar-refractivity contribution in [3.63, 3.8) is 0 Å². The molecule has 1 saturated heterocycles. The quantitative estimate of drug-likeness (QED) is 0.903. The van der Waals surface area contributed by atoms with E-state index in [-0.39, 0.29) is 37.4 Å². The number of alkyl halides is 3. The summed E-state index contributed by atoms with van der Waals surface area (Å²) < 4.78 is 38.4. The van der Waals surface area contributed by atoms with E-state index in [9.17, 15) is 22.8 Å². The lowest BCUT2D eigenvalue weighted by Gasteiger charge is -2.18. The zero-order chi connectivity index (χ0) is 18.0. The molecule has 1 N–H and O–H groups in total. The molecule has 1 aliphatic heterocycles. The van der Waals surface area contributed by atoms with Gasteiger partial charge in [-0.25, -0.2) is 0 Å². The average Bonchev–Trinajstić information content (AvgIpc) is 3.17. The number of nitrogens with zero attached hydrogens (tertiary/aromatic N) is 1. The number of likely N-dealkylation sites (tertiary alicyclic amines) is 1. The van der Waals surface area contributed by atoms with Gasteiger partial charge in [0.05, 0.1) is 11.5 Å². The van der Waals surface area contributed by atoms with E-state index in [0.717, 1.165) is 37.8 Å². The van der Waals surface area contributed by atoms with Gasteiger partial charge in [0.2, 0.25) is 11.8 Å². The van der Waals surface area contributed by atoms with Crippen molar-refractivity contribution in [2.45, 2.75) is 50.9 Å². The second-order valence-corrected chi connectivity index (χ2v) is 6.86. The lowest BCUT2D eigenvalue weighted by Crippen LogP contribution is -2.38. The molecule has 1 heterocycles. The maximum atomic E-state index is 12.8. The molecule has 136 valence electrons. The number of amides is 2. The van der Waals surface area contributed by atoms with E-state index in [4.69, 9.17) is 0 Å². The first-order chi connectivity index (χ1) is 11.8. The van der Waals surface area contributed by atoms with Crippen LogP contribution >= 0.6 is 0 Å². The zero-order valence-corrected chi connectivity index (χ0v) is 13.8. The zero-order valence-electron chi connectivity index (χ0n) is 13.8. The molecule has 1 aliphatic carbocycles. The first kappa shape index (κ1) is 17.8. The molecule has 4 nitrogen and oxygen atoms in total.